The van der Waals surface area contributed by atoms with Crippen LogP contribution in [0.4, 0.5) is 5.69 Å². The molecule has 1 heterocycles. The SMILES string of the molecule is CCc1cc(=O)n(CC(=O)Nc2ccc(Cl)cc2Cl)cn1. The molecule has 0 aliphatic rings. The molecule has 5 nitrogen and oxygen atoms in total. The predicted molar refractivity (Wildman–Crippen MR) is 83.0 cm³/mol. The van der Waals surface area contributed by atoms with Gasteiger partial charge in [-0.15, -0.1) is 0 Å². The average Bonchev–Trinajstić information content (AvgIpc) is 2.44. The van der Waals surface area contributed by atoms with Crippen molar-refractivity contribution >= 4 is 34.8 Å². The molecule has 0 bridgehead atoms. The van der Waals surface area contributed by atoms with Gasteiger partial charge in [-0.1, -0.05) is 30.1 Å². The highest BCUT2D eigenvalue weighted by Crippen LogP contribution is 2.25. The van der Waals surface area contributed by atoms with Gasteiger partial charge in [0.25, 0.3) is 5.56 Å². The summed E-state index contributed by atoms with van der Waals surface area (Å²) in [5.74, 6) is -0.368. The van der Waals surface area contributed by atoms with E-state index in [9.17, 15) is 9.59 Å². The lowest BCUT2D eigenvalue weighted by Crippen LogP contribution is -2.27. The highest BCUT2D eigenvalue weighted by atomic mass is 35.5. The lowest BCUT2D eigenvalue weighted by molar-refractivity contribution is -0.116. The maximum Gasteiger partial charge on any atom is 0.253 e. The van der Waals surface area contributed by atoms with Gasteiger partial charge in [0.05, 0.1) is 17.0 Å². The van der Waals surface area contributed by atoms with Crippen molar-refractivity contribution in [1.82, 2.24) is 9.55 Å². The zero-order valence-corrected chi connectivity index (χ0v) is 12.8. The maximum absolute atomic E-state index is 11.9. The molecule has 1 aromatic heterocycles. The summed E-state index contributed by atoms with van der Waals surface area (Å²) < 4.78 is 1.23. The molecule has 0 aliphatic carbocycles. The van der Waals surface area contributed by atoms with E-state index in [1.165, 1.54) is 23.0 Å². The van der Waals surface area contributed by atoms with E-state index in [0.29, 0.717) is 27.8 Å². The summed E-state index contributed by atoms with van der Waals surface area (Å²) in [6.45, 7) is 1.77. The summed E-state index contributed by atoms with van der Waals surface area (Å²) >= 11 is 11.7. The molecule has 0 unspecified atom stereocenters. The van der Waals surface area contributed by atoms with Crippen LogP contribution in [-0.2, 0) is 17.8 Å². The topological polar surface area (TPSA) is 64.0 Å². The number of nitrogens with zero attached hydrogens (tertiary/aromatic N) is 2. The van der Waals surface area contributed by atoms with Gasteiger partial charge >= 0.3 is 0 Å². The van der Waals surface area contributed by atoms with Crippen LogP contribution < -0.4 is 10.9 Å². The highest BCUT2D eigenvalue weighted by molar-refractivity contribution is 6.36. The molecule has 0 spiro atoms. The first-order chi connectivity index (χ1) is 9.99. The van der Waals surface area contributed by atoms with Gasteiger partial charge in [0, 0.05) is 16.8 Å². The van der Waals surface area contributed by atoms with Crippen LogP contribution in [0.15, 0.2) is 35.4 Å². The van der Waals surface area contributed by atoms with Crippen LogP contribution in [0.5, 0.6) is 0 Å². The van der Waals surface area contributed by atoms with Crippen molar-refractivity contribution in [3.05, 3.63) is 56.7 Å². The number of anilines is 1. The molecule has 7 heteroatoms. The van der Waals surface area contributed by atoms with Gasteiger partial charge in [-0.2, -0.15) is 0 Å². The predicted octanol–water partition coefficient (Wildman–Crippen LogP) is 2.75. The minimum Gasteiger partial charge on any atom is -0.323 e. The average molecular weight is 326 g/mol. The lowest BCUT2D eigenvalue weighted by atomic mass is 10.3. The quantitative estimate of drug-likeness (QED) is 0.940. The van der Waals surface area contributed by atoms with E-state index in [1.807, 2.05) is 6.92 Å². The second-order valence-corrected chi connectivity index (χ2v) is 5.22. The van der Waals surface area contributed by atoms with Gasteiger partial charge < -0.3 is 5.32 Å². The van der Waals surface area contributed by atoms with Crippen molar-refractivity contribution in [2.75, 3.05) is 5.32 Å². The lowest BCUT2D eigenvalue weighted by Gasteiger charge is -2.09. The number of aromatic nitrogens is 2. The molecule has 0 saturated heterocycles. The van der Waals surface area contributed by atoms with E-state index in [4.69, 9.17) is 23.2 Å². The van der Waals surface area contributed by atoms with E-state index in [-0.39, 0.29) is 18.0 Å². The summed E-state index contributed by atoms with van der Waals surface area (Å²) in [4.78, 5) is 27.8. The molecular formula is C14H13Cl2N3O2. The van der Waals surface area contributed by atoms with E-state index in [2.05, 4.69) is 10.3 Å². The number of aryl methyl sites for hydroxylation is 1. The summed E-state index contributed by atoms with van der Waals surface area (Å²) in [6, 6.07) is 6.17. The van der Waals surface area contributed by atoms with Crippen LogP contribution in [0.2, 0.25) is 10.0 Å². The Morgan fingerprint density at radius 3 is 2.71 bits per heavy atom. The second kappa shape index (κ2) is 6.74. The second-order valence-electron chi connectivity index (χ2n) is 4.37. The fourth-order valence-electron chi connectivity index (χ4n) is 1.71. The summed E-state index contributed by atoms with van der Waals surface area (Å²) in [5.41, 5.74) is 0.869. The normalized spacial score (nSPS) is 10.4. The molecule has 0 fully saturated rings. The van der Waals surface area contributed by atoms with Crippen LogP contribution in [0.1, 0.15) is 12.6 Å². The molecule has 2 rings (SSSR count). The largest absolute Gasteiger partial charge is 0.323 e. The van der Waals surface area contributed by atoms with Crippen LogP contribution in [-0.4, -0.2) is 15.5 Å². The van der Waals surface area contributed by atoms with E-state index < -0.39 is 0 Å². The van der Waals surface area contributed by atoms with Crippen LogP contribution >= 0.6 is 23.2 Å². The maximum atomic E-state index is 11.9. The number of amides is 1. The third-order valence-corrected chi connectivity index (χ3v) is 3.37. The van der Waals surface area contributed by atoms with Crippen molar-refractivity contribution in [3.8, 4) is 0 Å². The zero-order valence-electron chi connectivity index (χ0n) is 11.3. The number of nitrogens with one attached hydrogen (secondary N) is 1. The molecule has 0 aliphatic heterocycles. The van der Waals surface area contributed by atoms with Crippen molar-refractivity contribution in [2.45, 2.75) is 19.9 Å². The van der Waals surface area contributed by atoms with Gasteiger partial charge in [-0.05, 0) is 24.6 Å². The Morgan fingerprint density at radius 2 is 2.10 bits per heavy atom. The van der Waals surface area contributed by atoms with Crippen LogP contribution in [0.25, 0.3) is 0 Å². The first-order valence-electron chi connectivity index (χ1n) is 6.30. The zero-order chi connectivity index (χ0) is 15.4. The van der Waals surface area contributed by atoms with Crippen molar-refractivity contribution in [3.63, 3.8) is 0 Å². The Hall–Kier alpha value is -1.85. The smallest absolute Gasteiger partial charge is 0.253 e. The minimum atomic E-state index is -0.368. The van der Waals surface area contributed by atoms with Crippen LogP contribution in [0, 0.1) is 0 Å². The standard InChI is InChI=1S/C14H13Cl2N3O2/c1-2-10-6-14(21)19(8-17-10)7-13(20)18-12-4-3-9(15)5-11(12)16/h3-6,8H,2,7H2,1H3,(H,18,20). The number of carbonyl (C=O) groups is 1. The Morgan fingerprint density at radius 1 is 1.33 bits per heavy atom. The number of hydrogen-bond acceptors (Lipinski definition) is 3. The number of hydrogen-bond donors (Lipinski definition) is 1. The Kier molecular flexibility index (Phi) is 4.98. The molecule has 110 valence electrons. The number of carbonyl (C=O) groups excluding carboxylic acids is 1. The van der Waals surface area contributed by atoms with E-state index >= 15 is 0 Å². The van der Waals surface area contributed by atoms with Crippen molar-refractivity contribution in [2.24, 2.45) is 0 Å². The highest BCUT2D eigenvalue weighted by Gasteiger charge is 2.08. The fraction of sp³-hybridized carbons (Fsp3) is 0.214. The van der Waals surface area contributed by atoms with Gasteiger partial charge in [-0.3, -0.25) is 14.2 Å². The number of benzene rings is 1. The Bertz CT molecular complexity index is 728. The summed E-state index contributed by atoms with van der Waals surface area (Å²) in [6.07, 6.45) is 2.03. The molecule has 1 N–H and O–H groups in total. The van der Waals surface area contributed by atoms with E-state index in [0.717, 1.165) is 0 Å². The van der Waals surface area contributed by atoms with Gasteiger partial charge in [0.2, 0.25) is 5.91 Å². The number of halogens is 2. The Balaban J connectivity index is 2.10. The molecule has 0 atom stereocenters. The molecule has 1 aromatic carbocycles. The van der Waals surface area contributed by atoms with Crippen LogP contribution in [0.3, 0.4) is 0 Å². The Labute approximate surface area is 131 Å². The third kappa shape index (κ3) is 4.06. The van der Waals surface area contributed by atoms with Gasteiger partial charge in [0.1, 0.15) is 6.54 Å². The molecule has 1 amide bonds. The third-order valence-electron chi connectivity index (χ3n) is 2.82. The molecule has 0 radical (unpaired) electrons. The van der Waals surface area contributed by atoms with Crippen molar-refractivity contribution in [1.29, 1.82) is 0 Å². The summed E-state index contributed by atoms with van der Waals surface area (Å²) in [5, 5.41) is 3.44. The molecule has 2 aromatic rings. The minimum absolute atomic E-state index is 0.130. The first-order valence-corrected chi connectivity index (χ1v) is 7.05. The fourth-order valence-corrected chi connectivity index (χ4v) is 2.17. The molecular weight excluding hydrogens is 313 g/mol. The summed E-state index contributed by atoms with van der Waals surface area (Å²) in [7, 11) is 0. The first kappa shape index (κ1) is 15.5. The van der Waals surface area contributed by atoms with Crippen molar-refractivity contribution < 1.29 is 4.79 Å². The van der Waals surface area contributed by atoms with Gasteiger partial charge in [0.15, 0.2) is 0 Å². The van der Waals surface area contributed by atoms with E-state index in [1.54, 1.807) is 12.1 Å². The monoisotopic (exact) mass is 325 g/mol. The molecule has 0 saturated carbocycles. The van der Waals surface area contributed by atoms with Gasteiger partial charge in [-0.25, -0.2) is 4.98 Å². The number of rotatable bonds is 4. The molecule has 21 heavy (non-hydrogen) atoms.